The lowest BCUT2D eigenvalue weighted by atomic mass is 10.1. The van der Waals surface area contributed by atoms with Crippen molar-refractivity contribution in [1.82, 2.24) is 4.90 Å². The molecule has 1 fully saturated rings. The van der Waals surface area contributed by atoms with Crippen molar-refractivity contribution >= 4 is 0 Å². The number of piperidine rings is 1. The molecule has 1 saturated heterocycles. The number of nitrogens with two attached hydrogens (primary N) is 1. The maximum absolute atomic E-state index is 9.37. The smallest absolute Gasteiger partial charge is 0.0667 e. The van der Waals surface area contributed by atoms with Crippen LogP contribution in [0.3, 0.4) is 0 Å². The van der Waals surface area contributed by atoms with Crippen LogP contribution in [0.2, 0.25) is 0 Å². The van der Waals surface area contributed by atoms with Crippen LogP contribution in [0.5, 0.6) is 0 Å². The highest BCUT2D eigenvalue weighted by Gasteiger charge is 2.16. The van der Waals surface area contributed by atoms with Gasteiger partial charge in [-0.25, -0.2) is 0 Å². The number of aliphatic hydroxyl groups excluding tert-OH is 1. The van der Waals surface area contributed by atoms with Crippen LogP contribution in [-0.2, 0) is 0 Å². The quantitative estimate of drug-likeness (QED) is 0.595. The Bertz CT molecular complexity index is 119. The summed E-state index contributed by atoms with van der Waals surface area (Å²) in [5.41, 5.74) is 5.40. The van der Waals surface area contributed by atoms with Crippen LogP contribution < -0.4 is 5.73 Å². The number of hydrogen-bond donors (Lipinski definition) is 2. The Morgan fingerprint density at radius 3 is 2.92 bits per heavy atom. The molecule has 1 heterocycles. The molecule has 1 aliphatic rings. The molecule has 0 spiro atoms. The lowest BCUT2D eigenvalue weighted by molar-refractivity contribution is 0.0700. The number of rotatable bonds is 4. The summed E-state index contributed by atoms with van der Waals surface area (Å²) >= 11 is 0. The first-order valence-electron chi connectivity index (χ1n) is 4.93. The van der Waals surface area contributed by atoms with E-state index in [2.05, 4.69) is 4.90 Å². The number of aliphatic hydroxyl groups is 1. The van der Waals surface area contributed by atoms with E-state index in [9.17, 15) is 5.11 Å². The third kappa shape index (κ3) is 3.52. The largest absolute Gasteiger partial charge is 0.392 e. The third-order valence-electron chi connectivity index (χ3n) is 2.41. The molecule has 0 bridgehead atoms. The van der Waals surface area contributed by atoms with Gasteiger partial charge in [0, 0.05) is 6.54 Å². The van der Waals surface area contributed by atoms with Crippen LogP contribution >= 0.6 is 0 Å². The molecule has 1 aliphatic heterocycles. The molecule has 3 heteroatoms. The van der Waals surface area contributed by atoms with Gasteiger partial charge < -0.3 is 15.7 Å². The van der Waals surface area contributed by atoms with E-state index in [0.717, 1.165) is 45.4 Å². The zero-order valence-corrected chi connectivity index (χ0v) is 7.71. The van der Waals surface area contributed by atoms with Crippen LogP contribution in [0.4, 0.5) is 0 Å². The van der Waals surface area contributed by atoms with Gasteiger partial charge in [-0.05, 0) is 45.3 Å². The number of hydrogen-bond acceptors (Lipinski definition) is 3. The van der Waals surface area contributed by atoms with Crippen molar-refractivity contribution in [3.05, 3.63) is 0 Å². The zero-order valence-electron chi connectivity index (χ0n) is 7.71. The molecule has 72 valence electrons. The first kappa shape index (κ1) is 9.96. The molecule has 12 heavy (non-hydrogen) atoms. The molecule has 0 aromatic carbocycles. The molecule has 1 rings (SSSR count). The van der Waals surface area contributed by atoms with Crippen molar-refractivity contribution in [3.63, 3.8) is 0 Å². The fourth-order valence-electron chi connectivity index (χ4n) is 1.71. The molecule has 0 radical (unpaired) electrons. The maximum Gasteiger partial charge on any atom is 0.0667 e. The highest BCUT2D eigenvalue weighted by atomic mass is 16.3. The van der Waals surface area contributed by atoms with Gasteiger partial charge in [0.25, 0.3) is 0 Å². The minimum atomic E-state index is -0.0865. The van der Waals surface area contributed by atoms with Crippen molar-refractivity contribution in [2.45, 2.75) is 31.8 Å². The predicted molar refractivity (Wildman–Crippen MR) is 50.0 cm³/mol. The monoisotopic (exact) mass is 172 g/mol. The molecule has 0 amide bonds. The summed E-state index contributed by atoms with van der Waals surface area (Å²) < 4.78 is 0. The number of β-amino-alcohol motifs (C(OH)–C–C–N with tert-alkyl or cyclic N) is 1. The Morgan fingerprint density at radius 2 is 2.25 bits per heavy atom. The molecule has 0 unspecified atom stereocenters. The lowest BCUT2D eigenvalue weighted by Gasteiger charge is -2.29. The number of nitrogens with zero attached hydrogens (tertiary/aromatic N) is 1. The summed E-state index contributed by atoms with van der Waals surface area (Å²) in [6.07, 6.45) is 4.31. The molecule has 1 atom stereocenters. The summed E-state index contributed by atoms with van der Waals surface area (Å²) in [5, 5.41) is 9.37. The minimum Gasteiger partial charge on any atom is -0.392 e. The Morgan fingerprint density at radius 1 is 1.42 bits per heavy atom. The normalized spacial score (nSPS) is 26.0. The van der Waals surface area contributed by atoms with Gasteiger partial charge in [-0.1, -0.05) is 0 Å². The topological polar surface area (TPSA) is 49.5 Å². The second kappa shape index (κ2) is 5.51. The van der Waals surface area contributed by atoms with Gasteiger partial charge in [-0.3, -0.25) is 0 Å². The fourth-order valence-corrected chi connectivity index (χ4v) is 1.71. The SMILES string of the molecule is NCCCCN1CCC[C@@H](O)C1. The van der Waals surface area contributed by atoms with Gasteiger partial charge in [-0.15, -0.1) is 0 Å². The lowest BCUT2D eigenvalue weighted by Crippen LogP contribution is -2.38. The van der Waals surface area contributed by atoms with Crippen LogP contribution in [0.25, 0.3) is 0 Å². The van der Waals surface area contributed by atoms with Gasteiger partial charge in [0.05, 0.1) is 6.10 Å². The molecule has 0 aromatic rings. The summed E-state index contributed by atoms with van der Waals surface area (Å²) in [4.78, 5) is 2.34. The van der Waals surface area contributed by atoms with Gasteiger partial charge in [0.1, 0.15) is 0 Å². The Balaban J connectivity index is 2.06. The molecular weight excluding hydrogens is 152 g/mol. The highest BCUT2D eigenvalue weighted by molar-refractivity contribution is 4.71. The first-order valence-corrected chi connectivity index (χ1v) is 4.93. The second-order valence-corrected chi connectivity index (χ2v) is 3.59. The van der Waals surface area contributed by atoms with Gasteiger partial charge in [-0.2, -0.15) is 0 Å². The highest BCUT2D eigenvalue weighted by Crippen LogP contribution is 2.09. The molecule has 3 nitrogen and oxygen atoms in total. The number of likely N-dealkylation sites (tertiary alicyclic amines) is 1. The van der Waals surface area contributed by atoms with E-state index in [4.69, 9.17) is 5.73 Å². The van der Waals surface area contributed by atoms with E-state index in [1.807, 2.05) is 0 Å². The van der Waals surface area contributed by atoms with Crippen molar-refractivity contribution in [3.8, 4) is 0 Å². The van der Waals surface area contributed by atoms with Crippen LogP contribution in [0, 0.1) is 0 Å². The van der Waals surface area contributed by atoms with E-state index in [1.165, 1.54) is 6.42 Å². The van der Waals surface area contributed by atoms with E-state index in [-0.39, 0.29) is 6.10 Å². The fraction of sp³-hybridized carbons (Fsp3) is 1.00. The summed E-state index contributed by atoms with van der Waals surface area (Å²) in [7, 11) is 0. The molecule has 0 aliphatic carbocycles. The number of unbranched alkanes of at least 4 members (excludes halogenated alkanes) is 1. The molecular formula is C9H20N2O. The van der Waals surface area contributed by atoms with E-state index < -0.39 is 0 Å². The molecule has 0 saturated carbocycles. The van der Waals surface area contributed by atoms with Crippen LogP contribution in [-0.4, -0.2) is 42.3 Å². The Hall–Kier alpha value is -0.120. The minimum absolute atomic E-state index is 0.0865. The van der Waals surface area contributed by atoms with Crippen molar-refractivity contribution in [1.29, 1.82) is 0 Å². The maximum atomic E-state index is 9.37. The van der Waals surface area contributed by atoms with Gasteiger partial charge in [0.15, 0.2) is 0 Å². The molecule has 3 N–H and O–H groups in total. The first-order chi connectivity index (χ1) is 5.83. The van der Waals surface area contributed by atoms with Crippen LogP contribution in [0.15, 0.2) is 0 Å². The van der Waals surface area contributed by atoms with Crippen LogP contribution in [0.1, 0.15) is 25.7 Å². The van der Waals surface area contributed by atoms with Crippen molar-refractivity contribution < 1.29 is 5.11 Å². The van der Waals surface area contributed by atoms with Gasteiger partial charge in [0.2, 0.25) is 0 Å². The Labute approximate surface area is 74.5 Å². The predicted octanol–water partition coefficient (Wildman–Crippen LogP) is 0.182. The average molecular weight is 172 g/mol. The Kier molecular flexibility index (Phi) is 4.58. The van der Waals surface area contributed by atoms with E-state index >= 15 is 0 Å². The van der Waals surface area contributed by atoms with E-state index in [1.54, 1.807) is 0 Å². The summed E-state index contributed by atoms with van der Waals surface area (Å²) in [6.45, 7) is 3.91. The second-order valence-electron chi connectivity index (χ2n) is 3.59. The van der Waals surface area contributed by atoms with Gasteiger partial charge >= 0.3 is 0 Å². The van der Waals surface area contributed by atoms with Crippen molar-refractivity contribution in [2.24, 2.45) is 5.73 Å². The average Bonchev–Trinajstić information content (AvgIpc) is 2.05. The van der Waals surface area contributed by atoms with E-state index in [0.29, 0.717) is 0 Å². The summed E-state index contributed by atoms with van der Waals surface area (Å²) in [5.74, 6) is 0. The third-order valence-corrected chi connectivity index (χ3v) is 2.41. The van der Waals surface area contributed by atoms with Crippen molar-refractivity contribution in [2.75, 3.05) is 26.2 Å². The molecule has 0 aromatic heterocycles. The standard InChI is InChI=1S/C9H20N2O/c10-5-1-2-6-11-7-3-4-9(12)8-11/h9,12H,1-8,10H2/t9-/m1/s1. The zero-order chi connectivity index (χ0) is 8.81. The summed E-state index contributed by atoms with van der Waals surface area (Å²) in [6, 6.07) is 0.